The van der Waals surface area contributed by atoms with Gasteiger partial charge in [0.15, 0.2) is 11.5 Å². The molecule has 1 amide bonds. The molecular formula is C26H28F2N2O3. The van der Waals surface area contributed by atoms with Crippen LogP contribution in [-0.2, 0) is 15.6 Å². The lowest BCUT2D eigenvalue weighted by Gasteiger charge is -2.22. The van der Waals surface area contributed by atoms with Crippen molar-refractivity contribution < 1.29 is 23.0 Å². The van der Waals surface area contributed by atoms with Crippen molar-refractivity contribution in [2.45, 2.75) is 70.2 Å². The van der Waals surface area contributed by atoms with Gasteiger partial charge >= 0.3 is 6.04 Å². The summed E-state index contributed by atoms with van der Waals surface area (Å²) in [7, 11) is 0. The monoisotopic (exact) mass is 454 g/mol. The number of aromatic nitrogens is 1. The van der Waals surface area contributed by atoms with Crippen LogP contribution in [0.5, 0.6) is 11.5 Å². The molecule has 1 fully saturated rings. The topological polar surface area (TPSA) is 63.4 Å². The van der Waals surface area contributed by atoms with Crippen molar-refractivity contribution in [2.75, 3.05) is 5.32 Å². The molecule has 3 aromatic rings. The number of benzene rings is 2. The quantitative estimate of drug-likeness (QED) is 0.449. The van der Waals surface area contributed by atoms with E-state index in [2.05, 4.69) is 31.1 Å². The van der Waals surface area contributed by atoms with Gasteiger partial charge in [0, 0.05) is 35.0 Å². The molecule has 0 saturated heterocycles. The van der Waals surface area contributed by atoms with Gasteiger partial charge in [-0.3, -0.25) is 4.79 Å². The van der Waals surface area contributed by atoms with Gasteiger partial charge in [-0.1, -0.05) is 33.3 Å². The molecule has 5 nitrogen and oxygen atoms in total. The lowest BCUT2D eigenvalue weighted by molar-refractivity contribution is -0.173. The molecule has 2 aliphatic rings. The van der Waals surface area contributed by atoms with E-state index in [0.29, 0.717) is 29.7 Å². The largest absolute Gasteiger partial charge is 0.423 e. The molecular weight excluding hydrogens is 426 g/mol. The average molecular weight is 455 g/mol. The summed E-state index contributed by atoms with van der Waals surface area (Å²) in [6, 6.07) is 7.89. The Kier molecular flexibility index (Phi) is 4.75. The van der Waals surface area contributed by atoms with Crippen LogP contribution in [0.15, 0.2) is 36.4 Å². The molecule has 1 aliphatic heterocycles. The highest BCUT2D eigenvalue weighted by Gasteiger charge is 2.52. The molecule has 1 unspecified atom stereocenters. The van der Waals surface area contributed by atoms with Crippen LogP contribution in [0.25, 0.3) is 10.9 Å². The zero-order valence-electron chi connectivity index (χ0n) is 19.3. The molecule has 0 radical (unpaired) electrons. The number of nitrogens with one attached hydrogen (secondary N) is 2. The van der Waals surface area contributed by atoms with Crippen molar-refractivity contribution in [1.29, 1.82) is 0 Å². The highest BCUT2D eigenvalue weighted by atomic mass is 19.2. The van der Waals surface area contributed by atoms with E-state index in [1.807, 2.05) is 6.07 Å². The third-order valence-electron chi connectivity index (χ3n) is 6.83. The number of halogens is 2. The molecule has 1 aliphatic carbocycles. The Labute approximate surface area is 191 Å². The first-order valence-electron chi connectivity index (χ1n) is 11.4. The van der Waals surface area contributed by atoms with Crippen LogP contribution in [-0.4, -0.2) is 16.9 Å². The average Bonchev–Trinajstić information content (AvgIpc) is 3.34. The van der Waals surface area contributed by atoms with Gasteiger partial charge < -0.3 is 19.8 Å². The molecule has 1 saturated carbocycles. The molecule has 2 aromatic carbocycles. The molecule has 0 spiro atoms. The second kappa shape index (κ2) is 7.20. The minimum atomic E-state index is -2.22. The highest BCUT2D eigenvalue weighted by molar-refractivity contribution is 6.02. The van der Waals surface area contributed by atoms with Gasteiger partial charge in [-0.25, -0.2) is 4.39 Å². The predicted molar refractivity (Wildman–Crippen MR) is 123 cm³/mol. The Balaban J connectivity index is 1.41. The van der Waals surface area contributed by atoms with Crippen LogP contribution in [0.2, 0.25) is 0 Å². The molecule has 2 heterocycles. The van der Waals surface area contributed by atoms with E-state index in [1.165, 1.54) is 13.0 Å². The Hall–Kier alpha value is -3.09. The summed E-state index contributed by atoms with van der Waals surface area (Å²) in [5.74, 6) is -0.221. The van der Waals surface area contributed by atoms with E-state index < -0.39 is 17.3 Å². The van der Waals surface area contributed by atoms with E-state index in [-0.39, 0.29) is 22.8 Å². The maximum Gasteiger partial charge on any atom is 0.404 e. The summed E-state index contributed by atoms with van der Waals surface area (Å²) in [5, 5.41) is 3.63. The molecule has 0 bridgehead atoms. The third kappa shape index (κ3) is 3.73. The van der Waals surface area contributed by atoms with Gasteiger partial charge in [0.05, 0.1) is 11.1 Å². The number of alkyl halides is 1. The van der Waals surface area contributed by atoms with Crippen LogP contribution in [0, 0.1) is 5.82 Å². The minimum absolute atomic E-state index is 0.0548. The number of H-pyrrole nitrogens is 1. The first kappa shape index (κ1) is 21.7. The summed E-state index contributed by atoms with van der Waals surface area (Å²) >= 11 is 0. The summed E-state index contributed by atoms with van der Waals surface area (Å²) in [6.45, 7) is 7.64. The molecule has 7 heteroatoms. The number of carbonyl (C=O) groups is 1. The van der Waals surface area contributed by atoms with Crippen LogP contribution in [0.4, 0.5) is 14.5 Å². The Morgan fingerprint density at radius 3 is 2.58 bits per heavy atom. The molecule has 174 valence electrons. The molecule has 5 rings (SSSR count). The zero-order chi connectivity index (χ0) is 23.6. The number of aromatic amines is 1. The Bertz CT molecular complexity index is 1260. The van der Waals surface area contributed by atoms with Crippen molar-refractivity contribution >= 4 is 22.5 Å². The van der Waals surface area contributed by atoms with Crippen molar-refractivity contribution in [2.24, 2.45) is 0 Å². The van der Waals surface area contributed by atoms with E-state index in [4.69, 9.17) is 9.47 Å². The van der Waals surface area contributed by atoms with Gasteiger partial charge in [0.25, 0.3) is 0 Å². The van der Waals surface area contributed by atoms with Crippen molar-refractivity contribution in [3.05, 3.63) is 53.5 Å². The van der Waals surface area contributed by atoms with Gasteiger partial charge in [-0.2, -0.15) is 4.39 Å². The summed E-state index contributed by atoms with van der Waals surface area (Å²) in [4.78, 5) is 16.6. The third-order valence-corrected chi connectivity index (χ3v) is 6.83. The van der Waals surface area contributed by atoms with Crippen LogP contribution < -0.4 is 14.8 Å². The van der Waals surface area contributed by atoms with E-state index >= 15 is 0 Å². The summed E-state index contributed by atoms with van der Waals surface area (Å²) in [6.07, 6.45) is 3.29. The van der Waals surface area contributed by atoms with Gasteiger partial charge in [-0.05, 0) is 49.1 Å². The SMILES string of the molecule is CCCC(C)(C)c1cc2cc(NC(=O)C3(c4ccc5c(c4)OC(C)(F)O5)CC3)c(F)cc2[nH]1. The predicted octanol–water partition coefficient (Wildman–Crippen LogP) is 6.47. The van der Waals surface area contributed by atoms with Gasteiger partial charge in [0.1, 0.15) is 5.82 Å². The van der Waals surface area contributed by atoms with E-state index in [0.717, 1.165) is 23.9 Å². The second-order valence-electron chi connectivity index (χ2n) is 9.97. The highest BCUT2D eigenvalue weighted by Crippen LogP contribution is 2.52. The fourth-order valence-electron chi connectivity index (χ4n) is 4.77. The van der Waals surface area contributed by atoms with Crippen LogP contribution >= 0.6 is 0 Å². The van der Waals surface area contributed by atoms with Crippen molar-refractivity contribution in [1.82, 2.24) is 4.98 Å². The number of fused-ring (bicyclic) bond motifs is 2. The fourth-order valence-corrected chi connectivity index (χ4v) is 4.77. The fraction of sp³-hybridized carbons (Fsp3) is 0.423. The van der Waals surface area contributed by atoms with E-state index in [9.17, 15) is 13.6 Å². The molecule has 2 N–H and O–H groups in total. The normalized spacial score (nSPS) is 20.8. The summed E-state index contributed by atoms with van der Waals surface area (Å²) in [5.41, 5.74) is 1.75. The molecule has 1 aromatic heterocycles. The first-order valence-corrected chi connectivity index (χ1v) is 11.4. The van der Waals surface area contributed by atoms with E-state index in [1.54, 1.807) is 24.3 Å². The van der Waals surface area contributed by atoms with Gasteiger partial charge in [0.2, 0.25) is 5.91 Å². The lowest BCUT2D eigenvalue weighted by Crippen LogP contribution is -2.28. The van der Waals surface area contributed by atoms with Crippen molar-refractivity contribution in [3.8, 4) is 11.5 Å². The standard InChI is InChI=1S/C26H28F2N2O3/c1-5-8-24(2,3)22-12-15-11-19(17(27)14-18(15)29-22)30-23(31)26(9-10-26)16-6-7-20-21(13-16)33-25(4,28)32-20/h6-7,11-14,29H,5,8-10H2,1-4H3,(H,30,31). The zero-order valence-corrected chi connectivity index (χ0v) is 19.3. The maximum absolute atomic E-state index is 14.9. The minimum Gasteiger partial charge on any atom is -0.423 e. The van der Waals surface area contributed by atoms with Crippen LogP contribution in [0.3, 0.4) is 0 Å². The molecule has 33 heavy (non-hydrogen) atoms. The number of amides is 1. The van der Waals surface area contributed by atoms with Gasteiger partial charge in [-0.15, -0.1) is 0 Å². The lowest BCUT2D eigenvalue weighted by atomic mass is 9.85. The second-order valence-corrected chi connectivity index (χ2v) is 9.97. The maximum atomic E-state index is 14.9. The smallest absolute Gasteiger partial charge is 0.404 e. The molecule has 1 atom stereocenters. The number of rotatable bonds is 6. The number of ether oxygens (including phenoxy) is 2. The number of hydrogen-bond acceptors (Lipinski definition) is 3. The Morgan fingerprint density at radius 2 is 1.88 bits per heavy atom. The number of hydrogen-bond donors (Lipinski definition) is 2. The van der Waals surface area contributed by atoms with Crippen molar-refractivity contribution in [3.63, 3.8) is 0 Å². The van der Waals surface area contributed by atoms with Crippen LogP contribution in [0.1, 0.15) is 64.6 Å². The summed E-state index contributed by atoms with van der Waals surface area (Å²) < 4.78 is 39.2. The number of anilines is 1. The number of carbonyl (C=O) groups excluding carboxylic acids is 1. The first-order chi connectivity index (χ1) is 15.5. The Morgan fingerprint density at radius 1 is 1.15 bits per heavy atom.